The first-order chi connectivity index (χ1) is 17.8. The topological polar surface area (TPSA) is 40.5 Å². The van der Waals surface area contributed by atoms with Crippen LogP contribution < -0.4 is 0 Å². The van der Waals surface area contributed by atoms with Crippen molar-refractivity contribution in [3.63, 3.8) is 0 Å². The van der Waals surface area contributed by atoms with Crippen LogP contribution >= 0.6 is 11.8 Å². The van der Waals surface area contributed by atoms with Crippen molar-refractivity contribution in [1.82, 2.24) is 0 Å². The summed E-state index contributed by atoms with van der Waals surface area (Å²) in [6.07, 6.45) is -2.02. The Morgan fingerprint density at radius 3 is 0.902 bits per heavy atom. The molecule has 2 rings (SSSR count). The van der Waals surface area contributed by atoms with Gasteiger partial charge in [-0.2, -0.15) is 52.7 Å². The normalized spacial score (nSPS) is 40.3. The molecular weight excluding hydrogens is 632 g/mol. The van der Waals surface area contributed by atoms with Gasteiger partial charge in [0.2, 0.25) is 9.49 Å². The molecule has 0 aliphatic heterocycles. The summed E-state index contributed by atoms with van der Waals surface area (Å²) in [6.45, 7) is -0.296. The molecule has 2 nitrogen and oxygen atoms in total. The summed E-state index contributed by atoms with van der Waals surface area (Å²) < 4.78 is 228. The quantitative estimate of drug-likeness (QED) is 0.261. The minimum absolute atomic E-state index is 0.505. The molecule has 0 aromatic carbocycles. The first-order valence-corrected chi connectivity index (χ1v) is 11.8. The number of aliphatic hydroxyl groups is 2. The lowest BCUT2D eigenvalue weighted by molar-refractivity contribution is -0.436. The third-order valence-corrected chi connectivity index (χ3v) is 8.82. The van der Waals surface area contributed by atoms with Gasteiger partial charge < -0.3 is 10.2 Å². The van der Waals surface area contributed by atoms with Gasteiger partial charge in [0.05, 0.1) is 0 Å². The SMILES string of the molecule is CCC#CC1(SC2(C#CCC)C(F)(F)C(C)(O)C(F)(F)C(F)(F)C2(F)F)C(F)(F)C(C)(O)C(F)(F)C(F)(F)C1(F)F. The number of hydrogen-bond donors (Lipinski definition) is 2. The molecule has 0 radical (unpaired) electrons. The van der Waals surface area contributed by atoms with E-state index in [-0.39, 0.29) is 0 Å². The maximum absolute atomic E-state index is 15.6. The lowest BCUT2D eigenvalue weighted by atomic mass is 9.67. The van der Waals surface area contributed by atoms with E-state index in [4.69, 9.17) is 0 Å². The van der Waals surface area contributed by atoms with E-state index in [1.807, 2.05) is 0 Å². The summed E-state index contributed by atoms with van der Waals surface area (Å²) in [5.74, 6) is -53.0. The van der Waals surface area contributed by atoms with E-state index in [1.165, 1.54) is 11.8 Å². The van der Waals surface area contributed by atoms with Crippen molar-refractivity contribution >= 4 is 11.8 Å². The molecule has 2 aliphatic carbocycles. The van der Waals surface area contributed by atoms with Crippen LogP contribution in [0.4, 0.5) is 70.2 Å². The first-order valence-electron chi connectivity index (χ1n) is 11.0. The standard InChI is InChI=1S/C22H18F16O2S/c1-5-7-9-13(15(23,24)11(3,39)17(27,28)21(35,36)19(13,31)32)41-14(10-8-6-2)16(25,26)12(4,40)18(29,30)22(37,38)20(14,33)34/h39-40H,5-6H2,1-4H3. The van der Waals surface area contributed by atoms with E-state index >= 15 is 35.1 Å². The number of alkyl halides is 16. The Morgan fingerprint density at radius 2 is 0.683 bits per heavy atom. The molecule has 0 saturated heterocycles. The Morgan fingerprint density at radius 1 is 0.439 bits per heavy atom. The summed E-state index contributed by atoms with van der Waals surface area (Å²) in [7, 11) is 0. The highest BCUT2D eigenvalue weighted by Crippen LogP contribution is 2.77. The smallest absolute Gasteiger partial charge is 0.377 e. The van der Waals surface area contributed by atoms with Crippen LogP contribution in [0, 0.1) is 23.7 Å². The fraction of sp³-hybridized carbons (Fsp3) is 0.818. The zero-order valence-electron chi connectivity index (χ0n) is 20.8. The van der Waals surface area contributed by atoms with Crippen LogP contribution in [0.25, 0.3) is 0 Å². The average Bonchev–Trinajstić information content (AvgIpc) is 2.80. The summed E-state index contributed by atoms with van der Waals surface area (Å²) in [6, 6.07) is 0. The molecule has 0 amide bonds. The van der Waals surface area contributed by atoms with Crippen molar-refractivity contribution in [2.45, 2.75) is 109 Å². The Bertz CT molecular complexity index is 1050. The number of hydrogen-bond acceptors (Lipinski definition) is 3. The van der Waals surface area contributed by atoms with Crippen molar-refractivity contribution in [1.29, 1.82) is 0 Å². The molecule has 2 N–H and O–H groups in total. The number of rotatable bonds is 2. The van der Waals surface area contributed by atoms with Gasteiger partial charge in [0.15, 0.2) is 11.2 Å². The van der Waals surface area contributed by atoms with Crippen LogP contribution in [0.15, 0.2) is 0 Å². The van der Waals surface area contributed by atoms with Gasteiger partial charge in [0, 0.05) is 12.8 Å². The van der Waals surface area contributed by atoms with E-state index in [0.29, 0.717) is 11.8 Å². The van der Waals surface area contributed by atoms with Crippen LogP contribution in [0.5, 0.6) is 0 Å². The molecule has 0 heterocycles. The fourth-order valence-electron chi connectivity index (χ4n) is 4.20. The molecule has 0 spiro atoms. The van der Waals surface area contributed by atoms with Crippen molar-refractivity contribution in [3.05, 3.63) is 0 Å². The first kappa shape index (κ1) is 35.5. The second kappa shape index (κ2) is 8.90. The van der Waals surface area contributed by atoms with Crippen LogP contribution in [-0.4, -0.2) is 78.3 Å². The molecule has 4 atom stereocenters. The van der Waals surface area contributed by atoms with E-state index in [1.54, 1.807) is 0 Å². The fourth-order valence-corrected chi connectivity index (χ4v) is 6.07. The molecule has 0 aromatic rings. The second-order valence-corrected chi connectivity index (χ2v) is 10.9. The van der Waals surface area contributed by atoms with Gasteiger partial charge in [0.25, 0.3) is 0 Å². The predicted molar refractivity (Wildman–Crippen MR) is 110 cm³/mol. The molecule has 41 heavy (non-hydrogen) atoms. The second-order valence-electron chi connectivity index (χ2n) is 9.51. The lowest BCUT2D eigenvalue weighted by Gasteiger charge is -2.61. The van der Waals surface area contributed by atoms with Crippen molar-refractivity contribution in [3.8, 4) is 23.7 Å². The van der Waals surface area contributed by atoms with E-state index in [9.17, 15) is 45.3 Å². The molecule has 19 heteroatoms. The van der Waals surface area contributed by atoms with E-state index < -0.39 is 107 Å². The molecule has 0 bridgehead atoms. The molecular formula is C22H18F16O2S. The summed E-state index contributed by atoms with van der Waals surface area (Å²) >= 11 is -2.74. The number of halogens is 16. The Balaban J connectivity index is 3.35. The zero-order valence-corrected chi connectivity index (χ0v) is 21.6. The van der Waals surface area contributed by atoms with Crippen molar-refractivity contribution in [2.75, 3.05) is 0 Å². The van der Waals surface area contributed by atoms with Gasteiger partial charge in [-0.25, -0.2) is 17.6 Å². The molecule has 2 fully saturated rings. The molecule has 4 unspecified atom stereocenters. The molecule has 0 aromatic heterocycles. The van der Waals surface area contributed by atoms with Crippen LogP contribution in [0.1, 0.15) is 40.5 Å². The van der Waals surface area contributed by atoms with Gasteiger partial charge in [-0.3, -0.25) is 0 Å². The highest BCUT2D eigenvalue weighted by atomic mass is 32.2. The van der Waals surface area contributed by atoms with Crippen LogP contribution in [0.2, 0.25) is 0 Å². The lowest BCUT2D eigenvalue weighted by Crippen LogP contribution is -2.89. The molecule has 236 valence electrons. The average molecular weight is 650 g/mol. The molecule has 2 aliphatic rings. The minimum Gasteiger partial charge on any atom is -0.378 e. The maximum Gasteiger partial charge on any atom is 0.377 e. The van der Waals surface area contributed by atoms with Crippen molar-refractivity contribution in [2.24, 2.45) is 0 Å². The van der Waals surface area contributed by atoms with Crippen LogP contribution in [-0.2, 0) is 0 Å². The minimum atomic E-state index is -7.30. The van der Waals surface area contributed by atoms with Gasteiger partial charge in [-0.05, 0) is 13.8 Å². The monoisotopic (exact) mass is 650 g/mol. The van der Waals surface area contributed by atoms with Gasteiger partial charge in [-0.15, -0.1) is 11.8 Å². The zero-order chi connectivity index (χ0) is 32.9. The van der Waals surface area contributed by atoms with Crippen LogP contribution in [0.3, 0.4) is 0 Å². The Hall–Kier alpha value is -1.73. The molecule has 2 saturated carbocycles. The summed E-state index contributed by atoms with van der Waals surface area (Å²) in [5, 5.41) is 19.7. The van der Waals surface area contributed by atoms with Gasteiger partial charge >= 0.3 is 47.4 Å². The maximum atomic E-state index is 15.6. The van der Waals surface area contributed by atoms with Gasteiger partial charge in [-0.1, -0.05) is 37.5 Å². The highest BCUT2D eigenvalue weighted by Gasteiger charge is 3.02. The van der Waals surface area contributed by atoms with Crippen molar-refractivity contribution < 1.29 is 80.5 Å². The van der Waals surface area contributed by atoms with E-state index in [0.717, 1.165) is 13.8 Å². The number of thioether (sulfide) groups is 1. The third-order valence-electron chi connectivity index (χ3n) is 6.98. The van der Waals surface area contributed by atoms with E-state index in [2.05, 4.69) is 0 Å². The largest absolute Gasteiger partial charge is 0.378 e. The van der Waals surface area contributed by atoms with Gasteiger partial charge in [0.1, 0.15) is 0 Å². The Labute approximate surface area is 225 Å². The summed E-state index contributed by atoms with van der Waals surface area (Å²) in [4.78, 5) is 0. The third kappa shape index (κ3) is 3.37. The Kier molecular flexibility index (Phi) is 7.70. The predicted octanol–water partition coefficient (Wildman–Crippen LogP) is 6.64. The highest BCUT2D eigenvalue weighted by molar-refractivity contribution is 8.02. The summed E-state index contributed by atoms with van der Waals surface area (Å²) in [5.41, 5.74) is -11.6.